The predicted molar refractivity (Wildman–Crippen MR) is 77.7 cm³/mol. The number of carbonyl (C=O) groups is 1. The summed E-state index contributed by atoms with van der Waals surface area (Å²) in [5.41, 5.74) is 0.830. The molecule has 0 spiro atoms. The Balaban J connectivity index is 2.90. The first-order chi connectivity index (χ1) is 9.35. The highest BCUT2D eigenvalue weighted by Crippen LogP contribution is 2.37. The molecule has 20 heavy (non-hydrogen) atoms. The molecule has 1 aromatic rings. The van der Waals surface area contributed by atoms with Crippen LogP contribution in [0.2, 0.25) is 5.02 Å². The van der Waals surface area contributed by atoms with E-state index in [-0.39, 0.29) is 6.10 Å². The zero-order valence-electron chi connectivity index (χ0n) is 12.1. The average Bonchev–Trinajstić information content (AvgIpc) is 2.37. The third kappa shape index (κ3) is 4.58. The van der Waals surface area contributed by atoms with E-state index in [9.17, 15) is 4.79 Å². The van der Waals surface area contributed by atoms with Crippen LogP contribution in [-0.2, 0) is 11.3 Å². The van der Waals surface area contributed by atoms with Gasteiger partial charge in [0.25, 0.3) is 0 Å². The fourth-order valence-electron chi connectivity index (χ4n) is 1.58. The van der Waals surface area contributed by atoms with Crippen LogP contribution in [0.25, 0.3) is 0 Å². The van der Waals surface area contributed by atoms with E-state index in [1.165, 1.54) is 7.11 Å². The van der Waals surface area contributed by atoms with Crippen molar-refractivity contribution >= 4 is 17.6 Å². The van der Waals surface area contributed by atoms with Gasteiger partial charge < -0.3 is 19.9 Å². The molecular formula is C14H20ClNO4. The van der Waals surface area contributed by atoms with E-state index in [2.05, 4.69) is 5.32 Å². The molecule has 1 rings (SSSR count). The van der Waals surface area contributed by atoms with Gasteiger partial charge in [-0.3, -0.25) is 4.79 Å². The lowest BCUT2D eigenvalue weighted by molar-refractivity contribution is -0.139. The van der Waals surface area contributed by atoms with Gasteiger partial charge in [-0.25, -0.2) is 0 Å². The van der Waals surface area contributed by atoms with Crippen molar-refractivity contribution in [2.24, 2.45) is 0 Å². The van der Waals surface area contributed by atoms with Crippen LogP contribution < -0.4 is 14.8 Å². The summed E-state index contributed by atoms with van der Waals surface area (Å²) in [7, 11) is 1.54. The zero-order valence-corrected chi connectivity index (χ0v) is 12.8. The van der Waals surface area contributed by atoms with Gasteiger partial charge in [-0.15, -0.1) is 0 Å². The molecule has 0 aliphatic carbocycles. The third-order valence-electron chi connectivity index (χ3n) is 2.63. The number of carboxylic acid groups (broad SMARTS) is 1. The van der Waals surface area contributed by atoms with Gasteiger partial charge in [0.2, 0.25) is 0 Å². The van der Waals surface area contributed by atoms with E-state index in [1.807, 2.05) is 13.8 Å². The lowest BCUT2D eigenvalue weighted by Crippen LogP contribution is -2.33. The molecule has 1 atom stereocenters. The van der Waals surface area contributed by atoms with Crippen LogP contribution in [-0.4, -0.2) is 30.3 Å². The van der Waals surface area contributed by atoms with Crippen LogP contribution in [0.4, 0.5) is 0 Å². The lowest BCUT2D eigenvalue weighted by Gasteiger charge is -2.17. The smallest absolute Gasteiger partial charge is 0.320 e. The number of aliphatic carboxylic acids is 1. The minimum Gasteiger partial charge on any atom is -0.493 e. The molecular weight excluding hydrogens is 282 g/mol. The van der Waals surface area contributed by atoms with Gasteiger partial charge in [0.1, 0.15) is 6.04 Å². The molecule has 0 saturated carbocycles. The fourth-order valence-corrected chi connectivity index (χ4v) is 1.86. The van der Waals surface area contributed by atoms with Crippen molar-refractivity contribution < 1.29 is 19.4 Å². The Hall–Kier alpha value is -1.46. The van der Waals surface area contributed by atoms with Crippen molar-refractivity contribution in [3.63, 3.8) is 0 Å². The molecule has 0 bridgehead atoms. The van der Waals surface area contributed by atoms with Gasteiger partial charge in [-0.2, -0.15) is 0 Å². The minimum absolute atomic E-state index is 0.0163. The zero-order chi connectivity index (χ0) is 15.3. The van der Waals surface area contributed by atoms with E-state index < -0.39 is 12.0 Å². The van der Waals surface area contributed by atoms with Gasteiger partial charge in [0.05, 0.1) is 18.2 Å². The highest BCUT2D eigenvalue weighted by Gasteiger charge is 2.15. The number of carboxylic acids is 1. The molecule has 0 heterocycles. The summed E-state index contributed by atoms with van der Waals surface area (Å²) in [5.74, 6) is 0.132. The van der Waals surface area contributed by atoms with Crippen molar-refractivity contribution in [1.82, 2.24) is 5.32 Å². The average molecular weight is 302 g/mol. The van der Waals surface area contributed by atoms with Gasteiger partial charge in [-0.1, -0.05) is 11.6 Å². The molecule has 0 radical (unpaired) electrons. The highest BCUT2D eigenvalue weighted by atomic mass is 35.5. The van der Waals surface area contributed by atoms with E-state index in [0.29, 0.717) is 23.1 Å². The Bertz CT molecular complexity index is 476. The molecule has 0 aromatic heterocycles. The van der Waals surface area contributed by atoms with E-state index in [1.54, 1.807) is 19.1 Å². The summed E-state index contributed by atoms with van der Waals surface area (Å²) in [6.07, 6.45) is -0.0163. The Labute approximate surface area is 123 Å². The summed E-state index contributed by atoms with van der Waals surface area (Å²) in [5, 5.41) is 12.2. The number of ether oxygens (including phenoxy) is 2. The van der Waals surface area contributed by atoms with Crippen LogP contribution >= 0.6 is 11.6 Å². The quantitative estimate of drug-likeness (QED) is 0.810. The molecule has 0 saturated heterocycles. The van der Waals surface area contributed by atoms with Crippen molar-refractivity contribution in [3.8, 4) is 11.5 Å². The molecule has 0 amide bonds. The Morgan fingerprint density at radius 2 is 2.05 bits per heavy atom. The first-order valence-corrected chi connectivity index (χ1v) is 6.72. The first kappa shape index (κ1) is 16.6. The molecule has 1 unspecified atom stereocenters. The summed E-state index contributed by atoms with van der Waals surface area (Å²) < 4.78 is 10.9. The second kappa shape index (κ2) is 7.36. The Morgan fingerprint density at radius 3 is 2.55 bits per heavy atom. The van der Waals surface area contributed by atoms with Crippen LogP contribution in [0, 0.1) is 0 Å². The van der Waals surface area contributed by atoms with Gasteiger partial charge in [0, 0.05) is 6.54 Å². The number of hydrogen-bond acceptors (Lipinski definition) is 4. The third-order valence-corrected chi connectivity index (χ3v) is 2.91. The second-order valence-corrected chi connectivity index (χ2v) is 5.12. The number of rotatable bonds is 7. The molecule has 0 aliphatic heterocycles. The molecule has 1 aromatic carbocycles. The van der Waals surface area contributed by atoms with Gasteiger partial charge in [0.15, 0.2) is 11.5 Å². The van der Waals surface area contributed by atoms with E-state index in [4.69, 9.17) is 26.2 Å². The largest absolute Gasteiger partial charge is 0.493 e. The van der Waals surface area contributed by atoms with Crippen molar-refractivity contribution in [2.45, 2.75) is 39.5 Å². The summed E-state index contributed by atoms with van der Waals surface area (Å²) >= 11 is 6.19. The molecule has 5 nitrogen and oxygen atoms in total. The fraction of sp³-hybridized carbons (Fsp3) is 0.500. The standard InChI is InChI=1S/C14H20ClNO4/c1-8(2)20-13-11(15)5-10(6-12(13)19-4)7-16-9(3)14(17)18/h5-6,8-9,16H,7H2,1-4H3,(H,17,18). The minimum atomic E-state index is -0.900. The summed E-state index contributed by atoms with van der Waals surface area (Å²) in [4.78, 5) is 10.8. The van der Waals surface area contributed by atoms with Crippen LogP contribution in [0.5, 0.6) is 11.5 Å². The summed E-state index contributed by atoms with van der Waals surface area (Å²) in [6, 6.07) is 2.89. The number of methoxy groups -OCH3 is 1. The lowest BCUT2D eigenvalue weighted by atomic mass is 10.2. The molecule has 112 valence electrons. The van der Waals surface area contributed by atoms with Crippen molar-refractivity contribution in [1.29, 1.82) is 0 Å². The molecule has 2 N–H and O–H groups in total. The van der Waals surface area contributed by atoms with Crippen LogP contribution in [0.15, 0.2) is 12.1 Å². The topological polar surface area (TPSA) is 67.8 Å². The van der Waals surface area contributed by atoms with Crippen LogP contribution in [0.1, 0.15) is 26.3 Å². The molecule has 0 aliphatic rings. The highest BCUT2D eigenvalue weighted by molar-refractivity contribution is 6.32. The normalized spacial score (nSPS) is 12.3. The van der Waals surface area contributed by atoms with Crippen LogP contribution in [0.3, 0.4) is 0 Å². The Kier molecular flexibility index (Phi) is 6.10. The molecule has 6 heteroatoms. The van der Waals surface area contributed by atoms with Crippen molar-refractivity contribution in [3.05, 3.63) is 22.7 Å². The number of halogens is 1. The maximum absolute atomic E-state index is 10.8. The Morgan fingerprint density at radius 1 is 1.40 bits per heavy atom. The summed E-state index contributed by atoms with van der Waals surface area (Å²) in [6.45, 7) is 5.77. The SMILES string of the molecule is COc1cc(CNC(C)C(=O)O)cc(Cl)c1OC(C)C. The van der Waals surface area contributed by atoms with Gasteiger partial charge >= 0.3 is 5.97 Å². The van der Waals surface area contributed by atoms with Crippen molar-refractivity contribution in [2.75, 3.05) is 7.11 Å². The number of benzene rings is 1. The maximum Gasteiger partial charge on any atom is 0.320 e. The maximum atomic E-state index is 10.8. The monoisotopic (exact) mass is 301 g/mol. The second-order valence-electron chi connectivity index (χ2n) is 4.72. The van der Waals surface area contributed by atoms with E-state index in [0.717, 1.165) is 5.56 Å². The predicted octanol–water partition coefficient (Wildman–Crippen LogP) is 2.70. The number of nitrogens with one attached hydrogen (secondary N) is 1. The molecule has 0 fully saturated rings. The van der Waals surface area contributed by atoms with Gasteiger partial charge in [-0.05, 0) is 38.5 Å². The number of hydrogen-bond donors (Lipinski definition) is 2. The van der Waals surface area contributed by atoms with E-state index >= 15 is 0 Å². The first-order valence-electron chi connectivity index (χ1n) is 6.34.